The van der Waals surface area contributed by atoms with Crippen molar-refractivity contribution in [2.75, 3.05) is 30.0 Å². The molecule has 1 aromatic heterocycles. The number of anilines is 3. The third kappa shape index (κ3) is 3.33. The summed E-state index contributed by atoms with van der Waals surface area (Å²) < 4.78 is 11.2. The van der Waals surface area contributed by atoms with Gasteiger partial charge in [0, 0.05) is 36.6 Å². The summed E-state index contributed by atoms with van der Waals surface area (Å²) in [5, 5.41) is 3.31. The van der Waals surface area contributed by atoms with Crippen LogP contribution in [-0.2, 0) is 13.0 Å². The molecular weight excluding hydrogens is 352 g/mol. The summed E-state index contributed by atoms with van der Waals surface area (Å²) in [5.41, 5.74) is 4.61. The number of hydrogen-bond donors (Lipinski definition) is 1. The number of ether oxygens (including phenoxy) is 2. The van der Waals surface area contributed by atoms with Gasteiger partial charge in [-0.25, -0.2) is 4.98 Å². The largest absolute Gasteiger partial charge is 0.486 e. The first-order valence-corrected chi connectivity index (χ1v) is 9.59. The van der Waals surface area contributed by atoms with Gasteiger partial charge in [-0.3, -0.25) is 0 Å². The number of hydrogen-bond acceptors (Lipinski definition) is 6. The third-order valence-corrected chi connectivity index (χ3v) is 5.09. The van der Waals surface area contributed by atoms with E-state index >= 15 is 0 Å². The van der Waals surface area contributed by atoms with Crippen molar-refractivity contribution in [3.63, 3.8) is 0 Å². The number of aromatic nitrogens is 2. The van der Waals surface area contributed by atoms with E-state index < -0.39 is 0 Å². The molecule has 2 aliphatic heterocycles. The number of rotatable bonds is 3. The smallest absolute Gasteiger partial charge is 0.229 e. The Balaban J connectivity index is 1.39. The minimum absolute atomic E-state index is 0.567. The summed E-state index contributed by atoms with van der Waals surface area (Å²) >= 11 is 0. The fraction of sp³-hybridized carbons (Fsp3) is 0.273. The van der Waals surface area contributed by atoms with Crippen molar-refractivity contribution in [2.45, 2.75) is 19.9 Å². The van der Waals surface area contributed by atoms with Gasteiger partial charge in [-0.2, -0.15) is 4.98 Å². The molecule has 1 N–H and O–H groups in total. The lowest BCUT2D eigenvalue weighted by Gasteiger charge is -2.30. The molecule has 0 unspecified atom stereocenters. The van der Waals surface area contributed by atoms with Gasteiger partial charge in [-0.1, -0.05) is 24.3 Å². The Hall–Kier alpha value is -3.28. The molecule has 0 fully saturated rings. The van der Waals surface area contributed by atoms with E-state index in [0.29, 0.717) is 19.2 Å². The molecule has 5 rings (SSSR count). The van der Waals surface area contributed by atoms with Crippen molar-refractivity contribution in [2.24, 2.45) is 0 Å². The van der Waals surface area contributed by atoms with Crippen molar-refractivity contribution in [3.8, 4) is 11.5 Å². The topological polar surface area (TPSA) is 59.5 Å². The van der Waals surface area contributed by atoms with Gasteiger partial charge in [0.05, 0.1) is 0 Å². The Kier molecular flexibility index (Phi) is 4.24. The van der Waals surface area contributed by atoms with Crippen LogP contribution >= 0.6 is 0 Å². The van der Waals surface area contributed by atoms with Crippen molar-refractivity contribution in [1.29, 1.82) is 0 Å². The second-order valence-corrected chi connectivity index (χ2v) is 7.11. The zero-order chi connectivity index (χ0) is 18.9. The highest BCUT2D eigenvalue weighted by molar-refractivity contribution is 5.61. The Labute approximate surface area is 164 Å². The van der Waals surface area contributed by atoms with Crippen LogP contribution in [0, 0.1) is 6.92 Å². The predicted molar refractivity (Wildman–Crippen MR) is 109 cm³/mol. The minimum Gasteiger partial charge on any atom is -0.486 e. The molecule has 0 radical (unpaired) electrons. The first kappa shape index (κ1) is 16.9. The minimum atomic E-state index is 0.567. The first-order valence-electron chi connectivity index (χ1n) is 9.59. The second kappa shape index (κ2) is 7.03. The number of nitrogens with one attached hydrogen (secondary N) is 1. The Morgan fingerprint density at radius 1 is 0.929 bits per heavy atom. The van der Waals surface area contributed by atoms with E-state index in [1.165, 1.54) is 11.1 Å². The summed E-state index contributed by atoms with van der Waals surface area (Å²) in [6, 6.07) is 16.5. The number of benzene rings is 2. The fourth-order valence-electron chi connectivity index (χ4n) is 3.71. The molecule has 0 amide bonds. The summed E-state index contributed by atoms with van der Waals surface area (Å²) in [5.74, 6) is 3.05. The van der Waals surface area contributed by atoms with Gasteiger partial charge < -0.3 is 19.7 Å². The summed E-state index contributed by atoms with van der Waals surface area (Å²) in [6.45, 7) is 4.98. The maximum Gasteiger partial charge on any atom is 0.229 e. The van der Waals surface area contributed by atoms with Crippen LogP contribution in [0.2, 0.25) is 0 Å². The SMILES string of the molecule is Cc1cc(N2CCc3ccccc3C2)nc(Nc2ccc3c(c2)OCCO3)n1. The lowest BCUT2D eigenvalue weighted by molar-refractivity contribution is 0.171. The quantitative estimate of drug-likeness (QED) is 0.751. The highest BCUT2D eigenvalue weighted by Crippen LogP contribution is 2.33. The Morgan fingerprint density at radius 3 is 2.64 bits per heavy atom. The normalized spacial score (nSPS) is 15.1. The lowest BCUT2D eigenvalue weighted by Crippen LogP contribution is -2.31. The molecule has 2 aromatic carbocycles. The predicted octanol–water partition coefficient (Wildman–Crippen LogP) is 3.86. The molecule has 6 nitrogen and oxygen atoms in total. The molecule has 142 valence electrons. The molecular formula is C22H22N4O2. The van der Waals surface area contributed by atoms with Gasteiger partial charge in [0.2, 0.25) is 5.95 Å². The van der Waals surface area contributed by atoms with Crippen LogP contribution in [0.15, 0.2) is 48.5 Å². The number of nitrogens with zero attached hydrogens (tertiary/aromatic N) is 3. The zero-order valence-electron chi connectivity index (χ0n) is 15.8. The van der Waals surface area contributed by atoms with E-state index in [1.807, 2.05) is 31.2 Å². The van der Waals surface area contributed by atoms with Crippen molar-refractivity contribution >= 4 is 17.5 Å². The van der Waals surface area contributed by atoms with Crippen LogP contribution in [0.1, 0.15) is 16.8 Å². The Morgan fingerprint density at radius 2 is 1.75 bits per heavy atom. The molecule has 28 heavy (non-hydrogen) atoms. The van der Waals surface area contributed by atoms with Crippen LogP contribution < -0.4 is 19.7 Å². The monoisotopic (exact) mass is 374 g/mol. The van der Waals surface area contributed by atoms with Gasteiger partial charge in [-0.15, -0.1) is 0 Å². The molecule has 0 bridgehead atoms. The van der Waals surface area contributed by atoms with Gasteiger partial charge in [0.1, 0.15) is 19.0 Å². The van der Waals surface area contributed by atoms with E-state index in [9.17, 15) is 0 Å². The van der Waals surface area contributed by atoms with E-state index in [0.717, 1.165) is 48.2 Å². The zero-order valence-corrected chi connectivity index (χ0v) is 15.8. The average molecular weight is 374 g/mol. The highest BCUT2D eigenvalue weighted by Gasteiger charge is 2.18. The average Bonchev–Trinajstić information content (AvgIpc) is 2.73. The van der Waals surface area contributed by atoms with Gasteiger partial charge in [0.25, 0.3) is 0 Å². The van der Waals surface area contributed by atoms with E-state index in [1.54, 1.807) is 0 Å². The molecule has 3 aromatic rings. The molecule has 0 atom stereocenters. The standard InChI is InChI=1S/C22H22N4O2/c1-15-12-21(26-9-8-16-4-2-3-5-17(16)14-26)25-22(23-15)24-18-6-7-19-20(13-18)28-11-10-27-19/h2-7,12-13H,8-11,14H2,1H3,(H,23,24,25). The molecule has 2 aliphatic rings. The van der Waals surface area contributed by atoms with E-state index in [4.69, 9.17) is 14.5 Å². The van der Waals surface area contributed by atoms with Crippen LogP contribution in [-0.4, -0.2) is 29.7 Å². The lowest BCUT2D eigenvalue weighted by atomic mass is 10.00. The van der Waals surface area contributed by atoms with Gasteiger partial charge >= 0.3 is 0 Å². The number of fused-ring (bicyclic) bond motifs is 2. The molecule has 0 saturated carbocycles. The number of aryl methyl sites for hydroxylation is 1. The first-order chi connectivity index (χ1) is 13.7. The van der Waals surface area contributed by atoms with Crippen LogP contribution in [0.5, 0.6) is 11.5 Å². The van der Waals surface area contributed by atoms with Crippen molar-refractivity contribution in [1.82, 2.24) is 9.97 Å². The summed E-state index contributed by atoms with van der Waals surface area (Å²) in [4.78, 5) is 11.6. The fourth-order valence-corrected chi connectivity index (χ4v) is 3.71. The van der Waals surface area contributed by atoms with E-state index in [-0.39, 0.29) is 0 Å². The van der Waals surface area contributed by atoms with Crippen LogP contribution in [0.4, 0.5) is 17.5 Å². The van der Waals surface area contributed by atoms with E-state index in [2.05, 4.69) is 39.5 Å². The molecule has 6 heteroatoms. The highest BCUT2D eigenvalue weighted by atomic mass is 16.6. The molecule has 0 saturated heterocycles. The maximum atomic E-state index is 5.66. The van der Waals surface area contributed by atoms with Crippen LogP contribution in [0.25, 0.3) is 0 Å². The van der Waals surface area contributed by atoms with Gasteiger partial charge in [0.15, 0.2) is 11.5 Å². The maximum absolute atomic E-state index is 5.66. The second-order valence-electron chi connectivity index (χ2n) is 7.11. The van der Waals surface area contributed by atoms with Crippen molar-refractivity contribution in [3.05, 3.63) is 65.4 Å². The summed E-state index contributed by atoms with van der Waals surface area (Å²) in [6.07, 6.45) is 1.03. The van der Waals surface area contributed by atoms with Crippen molar-refractivity contribution < 1.29 is 9.47 Å². The molecule has 0 spiro atoms. The summed E-state index contributed by atoms with van der Waals surface area (Å²) in [7, 11) is 0. The third-order valence-electron chi connectivity index (χ3n) is 5.09. The van der Waals surface area contributed by atoms with Gasteiger partial charge in [-0.05, 0) is 36.6 Å². The molecule has 0 aliphatic carbocycles. The van der Waals surface area contributed by atoms with Crippen LogP contribution in [0.3, 0.4) is 0 Å². The molecule has 3 heterocycles. The Bertz CT molecular complexity index is 1020.